The molecule has 1 aliphatic carbocycles. The topological polar surface area (TPSA) is 56.7 Å². The van der Waals surface area contributed by atoms with Crippen molar-refractivity contribution in [2.75, 3.05) is 26.7 Å². The number of hydrogen-bond acceptors (Lipinski definition) is 3. The van der Waals surface area contributed by atoms with Crippen LogP contribution in [0.1, 0.15) is 37.5 Å². The quantitative estimate of drug-likeness (QED) is 0.413. The van der Waals surface area contributed by atoms with E-state index >= 15 is 0 Å². The Hall–Kier alpha value is -1.56. The van der Waals surface area contributed by atoms with Crippen LogP contribution in [0, 0.1) is 0 Å². The lowest BCUT2D eigenvalue weighted by molar-refractivity contribution is -0.121. The summed E-state index contributed by atoms with van der Waals surface area (Å²) >= 11 is 1.79. The molecule has 5 nitrogen and oxygen atoms in total. The number of nitrogens with zero attached hydrogens (tertiary/aromatic N) is 2. The van der Waals surface area contributed by atoms with Crippen LogP contribution in [-0.4, -0.2) is 49.5 Å². The average molecular weight is 337 g/mol. The van der Waals surface area contributed by atoms with Crippen LogP contribution in [0.15, 0.2) is 22.5 Å². The van der Waals surface area contributed by atoms with Crippen molar-refractivity contribution in [1.82, 2.24) is 15.5 Å². The summed E-state index contributed by atoms with van der Waals surface area (Å²) in [5.41, 5.74) is 0. The summed E-state index contributed by atoms with van der Waals surface area (Å²) in [5, 5.41) is 8.45. The molecule has 0 saturated heterocycles. The molecule has 1 aliphatic rings. The molecule has 1 amide bonds. The molecule has 2 N–H and O–H groups in total. The Morgan fingerprint density at radius 3 is 2.96 bits per heavy atom. The first kappa shape index (κ1) is 17.8. The van der Waals surface area contributed by atoms with E-state index in [2.05, 4.69) is 52.0 Å². The second kappa shape index (κ2) is 9.55. The molecule has 128 valence electrons. The zero-order chi connectivity index (χ0) is 16.5. The van der Waals surface area contributed by atoms with E-state index in [4.69, 9.17) is 0 Å². The van der Waals surface area contributed by atoms with Gasteiger partial charge in [-0.05, 0) is 44.1 Å². The van der Waals surface area contributed by atoms with Gasteiger partial charge in [0, 0.05) is 44.0 Å². The zero-order valence-electron chi connectivity index (χ0n) is 14.2. The smallest absolute Gasteiger partial charge is 0.220 e. The third-order valence-electron chi connectivity index (χ3n) is 3.74. The van der Waals surface area contributed by atoms with Gasteiger partial charge in [0.2, 0.25) is 5.91 Å². The molecule has 23 heavy (non-hydrogen) atoms. The molecule has 2 rings (SSSR count). The average Bonchev–Trinajstić information content (AvgIpc) is 3.19. The normalized spacial score (nSPS) is 14.6. The van der Waals surface area contributed by atoms with E-state index in [9.17, 15) is 4.79 Å². The lowest BCUT2D eigenvalue weighted by Crippen LogP contribution is -2.40. The van der Waals surface area contributed by atoms with E-state index < -0.39 is 0 Å². The zero-order valence-corrected chi connectivity index (χ0v) is 15.0. The summed E-state index contributed by atoms with van der Waals surface area (Å²) in [6, 6.07) is 4.71. The first-order valence-electron chi connectivity index (χ1n) is 8.50. The molecule has 0 atom stereocenters. The van der Waals surface area contributed by atoms with Crippen molar-refractivity contribution >= 4 is 23.2 Å². The summed E-state index contributed by atoms with van der Waals surface area (Å²) in [6.07, 6.45) is 4.68. The number of thiophene rings is 1. The highest BCUT2D eigenvalue weighted by Gasteiger charge is 2.22. The summed E-state index contributed by atoms with van der Waals surface area (Å²) < 4.78 is 0. The molecular formula is C17H28N4OS. The number of hydrogen-bond donors (Lipinski definition) is 2. The van der Waals surface area contributed by atoms with Crippen LogP contribution in [0.5, 0.6) is 0 Å². The maximum absolute atomic E-state index is 11.6. The molecule has 0 aliphatic heterocycles. The second-order valence-corrected chi connectivity index (χ2v) is 6.96. The van der Waals surface area contributed by atoms with E-state index in [-0.39, 0.29) is 5.91 Å². The summed E-state index contributed by atoms with van der Waals surface area (Å²) in [6.45, 7) is 4.55. The van der Waals surface area contributed by atoms with Gasteiger partial charge in [-0.15, -0.1) is 11.3 Å². The van der Waals surface area contributed by atoms with E-state index in [1.807, 2.05) is 0 Å². The molecule has 0 bridgehead atoms. The van der Waals surface area contributed by atoms with Gasteiger partial charge in [0.05, 0.1) is 0 Å². The lowest BCUT2D eigenvalue weighted by Gasteiger charge is -2.21. The Bertz CT molecular complexity index is 497. The highest BCUT2D eigenvalue weighted by atomic mass is 32.1. The fourth-order valence-electron chi connectivity index (χ4n) is 2.26. The SMILES string of the molecule is CCNC(=NCCCC(=O)NC1CC1)N(C)CCc1cccs1. The van der Waals surface area contributed by atoms with Gasteiger partial charge >= 0.3 is 0 Å². The van der Waals surface area contributed by atoms with Gasteiger partial charge in [-0.3, -0.25) is 9.79 Å². The van der Waals surface area contributed by atoms with Crippen LogP contribution >= 0.6 is 11.3 Å². The molecule has 0 unspecified atom stereocenters. The van der Waals surface area contributed by atoms with Crippen LogP contribution < -0.4 is 10.6 Å². The highest BCUT2D eigenvalue weighted by Crippen LogP contribution is 2.18. The van der Waals surface area contributed by atoms with Gasteiger partial charge in [-0.25, -0.2) is 0 Å². The molecule has 0 spiro atoms. The fourth-order valence-corrected chi connectivity index (χ4v) is 2.96. The Kier molecular flexibility index (Phi) is 7.39. The molecule has 1 aromatic heterocycles. The molecular weight excluding hydrogens is 308 g/mol. The monoisotopic (exact) mass is 336 g/mol. The molecule has 6 heteroatoms. The number of carbonyl (C=O) groups is 1. The standard InChI is InChI=1S/C17H28N4OS/c1-3-18-17(21(2)12-10-15-6-5-13-23-15)19-11-4-7-16(22)20-14-8-9-14/h5-6,13-14H,3-4,7-12H2,1-2H3,(H,18,19)(H,20,22). The highest BCUT2D eigenvalue weighted by molar-refractivity contribution is 7.09. The third-order valence-corrected chi connectivity index (χ3v) is 4.67. The predicted octanol–water partition coefficient (Wildman–Crippen LogP) is 2.25. The minimum atomic E-state index is 0.166. The lowest BCUT2D eigenvalue weighted by atomic mass is 10.3. The molecule has 0 aromatic carbocycles. The van der Waals surface area contributed by atoms with Gasteiger partial charge in [-0.2, -0.15) is 0 Å². The Morgan fingerprint density at radius 2 is 2.30 bits per heavy atom. The Balaban J connectivity index is 1.70. The first-order chi connectivity index (χ1) is 11.2. The number of guanidine groups is 1. The van der Waals surface area contributed by atoms with Crippen LogP contribution in [-0.2, 0) is 11.2 Å². The second-order valence-electron chi connectivity index (χ2n) is 5.93. The van der Waals surface area contributed by atoms with Gasteiger partial charge in [-0.1, -0.05) is 6.07 Å². The van der Waals surface area contributed by atoms with Crippen LogP contribution in [0.4, 0.5) is 0 Å². The molecule has 1 heterocycles. The van der Waals surface area contributed by atoms with Crippen molar-refractivity contribution in [3.05, 3.63) is 22.4 Å². The summed E-state index contributed by atoms with van der Waals surface area (Å²) in [7, 11) is 2.06. The van der Waals surface area contributed by atoms with E-state index in [1.165, 1.54) is 4.88 Å². The van der Waals surface area contributed by atoms with Crippen LogP contribution in [0.3, 0.4) is 0 Å². The van der Waals surface area contributed by atoms with Crippen molar-refractivity contribution in [2.45, 2.75) is 45.1 Å². The van der Waals surface area contributed by atoms with Crippen molar-refractivity contribution < 1.29 is 4.79 Å². The number of aliphatic imine (C=N–C) groups is 1. The van der Waals surface area contributed by atoms with Crippen molar-refractivity contribution in [3.63, 3.8) is 0 Å². The first-order valence-corrected chi connectivity index (χ1v) is 9.38. The fraction of sp³-hybridized carbons (Fsp3) is 0.647. The summed E-state index contributed by atoms with van der Waals surface area (Å²) in [4.78, 5) is 19.8. The number of rotatable bonds is 9. The minimum Gasteiger partial charge on any atom is -0.357 e. The van der Waals surface area contributed by atoms with Crippen LogP contribution in [0.25, 0.3) is 0 Å². The largest absolute Gasteiger partial charge is 0.357 e. The van der Waals surface area contributed by atoms with Crippen LogP contribution in [0.2, 0.25) is 0 Å². The maximum atomic E-state index is 11.6. The Morgan fingerprint density at radius 1 is 1.48 bits per heavy atom. The van der Waals surface area contributed by atoms with E-state index in [0.717, 1.165) is 44.7 Å². The maximum Gasteiger partial charge on any atom is 0.220 e. The van der Waals surface area contributed by atoms with Gasteiger partial charge in [0.15, 0.2) is 5.96 Å². The molecule has 1 saturated carbocycles. The Labute approximate surface area is 143 Å². The minimum absolute atomic E-state index is 0.166. The summed E-state index contributed by atoms with van der Waals surface area (Å²) in [5.74, 6) is 1.09. The van der Waals surface area contributed by atoms with Gasteiger partial charge < -0.3 is 15.5 Å². The molecule has 0 radical (unpaired) electrons. The predicted molar refractivity (Wildman–Crippen MR) is 97.0 cm³/mol. The van der Waals surface area contributed by atoms with Crippen molar-refractivity contribution in [2.24, 2.45) is 4.99 Å². The number of carbonyl (C=O) groups excluding carboxylic acids is 1. The van der Waals surface area contributed by atoms with Crippen molar-refractivity contribution in [3.8, 4) is 0 Å². The number of nitrogens with one attached hydrogen (secondary N) is 2. The number of amides is 1. The van der Waals surface area contributed by atoms with Gasteiger partial charge in [0.1, 0.15) is 0 Å². The van der Waals surface area contributed by atoms with Gasteiger partial charge in [0.25, 0.3) is 0 Å². The third kappa shape index (κ3) is 7.03. The van der Waals surface area contributed by atoms with E-state index in [0.29, 0.717) is 19.0 Å². The van der Waals surface area contributed by atoms with E-state index in [1.54, 1.807) is 11.3 Å². The number of likely N-dealkylation sites (N-methyl/N-ethyl adjacent to an activating group) is 1. The molecule has 1 aromatic rings. The molecule has 1 fully saturated rings. The van der Waals surface area contributed by atoms with Crippen molar-refractivity contribution in [1.29, 1.82) is 0 Å².